The van der Waals surface area contributed by atoms with Crippen molar-refractivity contribution in [2.45, 2.75) is 19.4 Å². The van der Waals surface area contributed by atoms with Crippen LogP contribution in [0.15, 0.2) is 90.1 Å². The van der Waals surface area contributed by atoms with Crippen LogP contribution in [0.5, 0.6) is 5.75 Å². The lowest BCUT2D eigenvalue weighted by molar-refractivity contribution is 0.414. The van der Waals surface area contributed by atoms with Crippen molar-refractivity contribution in [3.63, 3.8) is 0 Å². The van der Waals surface area contributed by atoms with Crippen LogP contribution in [0, 0.1) is 6.92 Å². The minimum absolute atomic E-state index is 0.129. The molecule has 4 aromatic rings. The number of hydrogen-bond acceptors (Lipinski definition) is 3. The van der Waals surface area contributed by atoms with E-state index in [4.69, 9.17) is 14.7 Å². The van der Waals surface area contributed by atoms with Gasteiger partial charge in [0, 0.05) is 18.2 Å². The van der Waals surface area contributed by atoms with E-state index >= 15 is 0 Å². The molecule has 0 N–H and O–H groups in total. The van der Waals surface area contributed by atoms with Crippen LogP contribution in [-0.2, 0) is 0 Å². The first-order valence-corrected chi connectivity index (χ1v) is 10.1. The van der Waals surface area contributed by atoms with E-state index in [0.29, 0.717) is 0 Å². The van der Waals surface area contributed by atoms with Crippen molar-refractivity contribution in [3.8, 4) is 17.0 Å². The lowest BCUT2D eigenvalue weighted by Crippen LogP contribution is -2.19. The maximum atomic E-state index is 5.35. The molecular weight excluding hydrogens is 370 g/mol. The van der Waals surface area contributed by atoms with Crippen LogP contribution in [0.4, 0.5) is 5.95 Å². The molecule has 148 valence electrons. The third-order valence-corrected chi connectivity index (χ3v) is 5.63. The molecule has 1 aromatic heterocycles. The first-order valence-electron chi connectivity index (χ1n) is 10.1. The Morgan fingerprint density at radius 2 is 1.60 bits per heavy atom. The topological polar surface area (TPSA) is 39.4 Å². The molecule has 0 bridgehead atoms. The van der Waals surface area contributed by atoms with Gasteiger partial charge < -0.3 is 9.30 Å². The minimum Gasteiger partial charge on any atom is -0.497 e. The van der Waals surface area contributed by atoms with Gasteiger partial charge >= 0.3 is 0 Å². The normalized spacial score (nSPS) is 15.4. The van der Waals surface area contributed by atoms with Gasteiger partial charge in [0.15, 0.2) is 0 Å². The van der Waals surface area contributed by atoms with Gasteiger partial charge in [0.05, 0.1) is 24.6 Å². The number of aryl methyl sites for hydroxylation is 1. The average Bonchev–Trinajstić information content (AvgIpc) is 3.24. The highest BCUT2D eigenvalue weighted by molar-refractivity contribution is 6.03. The summed E-state index contributed by atoms with van der Waals surface area (Å²) >= 11 is 0. The van der Waals surface area contributed by atoms with Crippen molar-refractivity contribution in [3.05, 3.63) is 102 Å². The largest absolute Gasteiger partial charge is 0.497 e. The molecule has 0 aliphatic carbocycles. The van der Waals surface area contributed by atoms with Crippen molar-refractivity contribution in [2.24, 2.45) is 4.99 Å². The van der Waals surface area contributed by atoms with Crippen molar-refractivity contribution < 1.29 is 4.74 Å². The maximum Gasteiger partial charge on any atom is 0.230 e. The lowest BCUT2D eigenvalue weighted by atomic mass is 9.95. The Bertz CT molecular complexity index is 1190. The van der Waals surface area contributed by atoms with Crippen LogP contribution < -0.4 is 4.74 Å². The van der Waals surface area contributed by atoms with Crippen molar-refractivity contribution in [2.75, 3.05) is 7.11 Å². The molecule has 4 nitrogen and oxygen atoms in total. The van der Waals surface area contributed by atoms with Gasteiger partial charge in [-0.3, -0.25) is 0 Å². The molecule has 0 amide bonds. The number of nitrogens with zero attached hydrogens (tertiary/aromatic N) is 3. The van der Waals surface area contributed by atoms with E-state index in [0.717, 1.165) is 40.7 Å². The highest BCUT2D eigenvalue weighted by Gasteiger charge is 2.26. The van der Waals surface area contributed by atoms with Gasteiger partial charge in [0.1, 0.15) is 5.75 Å². The fourth-order valence-corrected chi connectivity index (χ4v) is 3.92. The van der Waals surface area contributed by atoms with Gasteiger partial charge in [0.2, 0.25) is 5.95 Å². The smallest absolute Gasteiger partial charge is 0.230 e. The monoisotopic (exact) mass is 393 g/mol. The third kappa shape index (κ3) is 3.41. The van der Waals surface area contributed by atoms with Crippen molar-refractivity contribution in [1.82, 2.24) is 9.55 Å². The van der Waals surface area contributed by atoms with Gasteiger partial charge in [-0.15, -0.1) is 0 Å². The average molecular weight is 393 g/mol. The quantitative estimate of drug-likeness (QED) is 0.428. The summed E-state index contributed by atoms with van der Waals surface area (Å²) in [6, 6.07) is 27.3. The zero-order valence-electron chi connectivity index (χ0n) is 17.1. The van der Waals surface area contributed by atoms with Crippen molar-refractivity contribution in [1.29, 1.82) is 0 Å². The van der Waals surface area contributed by atoms with E-state index in [1.54, 1.807) is 7.11 Å². The van der Waals surface area contributed by atoms with Gasteiger partial charge in [-0.1, -0.05) is 72.3 Å². The third-order valence-electron chi connectivity index (χ3n) is 5.63. The molecule has 5 rings (SSSR count). The van der Waals surface area contributed by atoms with Gasteiger partial charge in [-0.2, -0.15) is 0 Å². The molecule has 1 unspecified atom stereocenters. The fraction of sp³-hybridized carbons (Fsp3) is 0.154. The zero-order chi connectivity index (χ0) is 20.5. The van der Waals surface area contributed by atoms with E-state index in [2.05, 4.69) is 66.2 Å². The second kappa shape index (κ2) is 7.64. The number of fused-ring (bicyclic) bond motifs is 1. The second-order valence-electron chi connectivity index (χ2n) is 7.62. The molecule has 3 aromatic carbocycles. The summed E-state index contributed by atoms with van der Waals surface area (Å²) in [5, 5.41) is 0. The maximum absolute atomic E-state index is 5.35. The number of hydrogen-bond donors (Lipinski definition) is 0. The SMILES string of the molecule is COc1ccc(C2CC(c3ccc(C)cc3)=Nc3nc(-c4ccccc4)cn32)cc1. The molecule has 0 saturated carbocycles. The summed E-state index contributed by atoms with van der Waals surface area (Å²) in [6.07, 6.45) is 2.93. The standard InChI is InChI=1S/C26H23N3O/c1-18-8-10-20(11-9-18)23-16-25(21-12-14-22(30-2)15-13-21)29-17-24(28-26(29)27-23)19-6-4-3-5-7-19/h3-15,17,25H,16H2,1-2H3. The molecule has 0 saturated heterocycles. The summed E-state index contributed by atoms with van der Waals surface area (Å²) in [7, 11) is 1.69. The fourth-order valence-electron chi connectivity index (χ4n) is 3.92. The van der Waals surface area contributed by atoms with E-state index in [1.807, 2.05) is 30.3 Å². The van der Waals surface area contributed by atoms with E-state index < -0.39 is 0 Å². The molecule has 1 aliphatic rings. The molecule has 1 atom stereocenters. The minimum atomic E-state index is 0.129. The summed E-state index contributed by atoms with van der Waals surface area (Å²) in [4.78, 5) is 9.82. The predicted molar refractivity (Wildman–Crippen MR) is 121 cm³/mol. The number of ether oxygens (including phenoxy) is 1. The number of benzene rings is 3. The molecule has 1 aliphatic heterocycles. The lowest BCUT2D eigenvalue weighted by Gasteiger charge is -2.25. The highest BCUT2D eigenvalue weighted by atomic mass is 16.5. The Hall–Kier alpha value is -3.66. The first kappa shape index (κ1) is 18.4. The van der Waals surface area contributed by atoms with Gasteiger partial charge in [0.25, 0.3) is 0 Å². The number of aliphatic imine (C=N–C) groups is 1. The van der Waals surface area contributed by atoms with E-state index in [-0.39, 0.29) is 6.04 Å². The molecular formula is C26H23N3O. The number of rotatable bonds is 4. The van der Waals surface area contributed by atoms with Gasteiger partial charge in [-0.05, 0) is 30.2 Å². The molecule has 0 radical (unpaired) electrons. The molecule has 0 fully saturated rings. The number of imidazole rings is 1. The van der Waals surface area contributed by atoms with Gasteiger partial charge in [-0.25, -0.2) is 9.98 Å². The zero-order valence-corrected chi connectivity index (χ0v) is 17.1. The number of methoxy groups -OCH3 is 1. The number of aromatic nitrogens is 2. The van der Waals surface area contributed by atoms with Crippen molar-refractivity contribution >= 4 is 11.7 Å². The van der Waals surface area contributed by atoms with Crippen LogP contribution in [0.1, 0.15) is 29.2 Å². The Balaban J connectivity index is 1.62. The first-order chi connectivity index (χ1) is 14.7. The summed E-state index contributed by atoms with van der Waals surface area (Å²) < 4.78 is 7.54. The molecule has 2 heterocycles. The molecule has 0 spiro atoms. The van der Waals surface area contributed by atoms with E-state index in [1.165, 1.54) is 11.1 Å². The van der Waals surface area contributed by atoms with Crippen LogP contribution in [0.3, 0.4) is 0 Å². The highest BCUT2D eigenvalue weighted by Crippen LogP contribution is 2.36. The van der Waals surface area contributed by atoms with Crippen LogP contribution in [-0.4, -0.2) is 22.4 Å². The second-order valence-corrected chi connectivity index (χ2v) is 7.62. The summed E-state index contributed by atoms with van der Waals surface area (Å²) in [5.41, 5.74) is 6.71. The summed E-state index contributed by atoms with van der Waals surface area (Å²) in [6.45, 7) is 2.10. The van der Waals surface area contributed by atoms with Crippen LogP contribution >= 0.6 is 0 Å². The Kier molecular flexibility index (Phi) is 4.68. The Labute approximate surface area is 176 Å². The Morgan fingerprint density at radius 3 is 2.30 bits per heavy atom. The van der Waals surface area contributed by atoms with Crippen LogP contribution in [0.25, 0.3) is 11.3 Å². The summed E-state index contributed by atoms with van der Waals surface area (Å²) in [5.74, 6) is 1.61. The molecule has 30 heavy (non-hydrogen) atoms. The molecule has 4 heteroatoms. The van der Waals surface area contributed by atoms with Crippen LogP contribution in [0.2, 0.25) is 0 Å². The van der Waals surface area contributed by atoms with E-state index in [9.17, 15) is 0 Å². The Morgan fingerprint density at radius 1 is 0.867 bits per heavy atom. The predicted octanol–water partition coefficient (Wildman–Crippen LogP) is 5.98.